The maximum absolute atomic E-state index is 14.3. The molecule has 0 saturated carbocycles. The van der Waals surface area contributed by atoms with Crippen LogP contribution in [0.3, 0.4) is 0 Å². The third-order valence-corrected chi connectivity index (χ3v) is 7.29. The molecule has 2 N–H and O–H groups in total. The number of rotatable bonds is 5. The molecular weight excluding hydrogens is 492 g/mol. The molecule has 0 aliphatic carbocycles. The Labute approximate surface area is 191 Å². The standard InChI is InChI=1S/C20H17ClF4N2O5S/c21-12-1-4-17(15(9-12)20(23,24)25)26-18(28)14-10-13(2-3-16(14)22)33(31,32)27-7-5-11(6-8-27)19(29)30/h1-4,9-11H,5-8H2,(H,26,28)(H,29,30). The zero-order valence-electron chi connectivity index (χ0n) is 16.7. The molecule has 0 aromatic heterocycles. The summed E-state index contributed by atoms with van der Waals surface area (Å²) in [6.07, 6.45) is -4.70. The molecule has 2 aromatic carbocycles. The third kappa shape index (κ3) is 5.45. The highest BCUT2D eigenvalue weighted by Gasteiger charge is 2.35. The summed E-state index contributed by atoms with van der Waals surface area (Å²) in [5, 5.41) is 10.8. The van der Waals surface area contributed by atoms with E-state index in [9.17, 15) is 35.6 Å². The van der Waals surface area contributed by atoms with E-state index >= 15 is 0 Å². The quantitative estimate of drug-likeness (QED) is 0.588. The molecule has 0 unspecified atom stereocenters. The molecule has 1 heterocycles. The lowest BCUT2D eigenvalue weighted by atomic mass is 9.99. The fraction of sp³-hybridized carbons (Fsp3) is 0.300. The number of carbonyl (C=O) groups excluding carboxylic acids is 1. The Morgan fingerprint density at radius 3 is 2.30 bits per heavy atom. The van der Waals surface area contributed by atoms with Gasteiger partial charge >= 0.3 is 12.1 Å². The molecule has 1 amide bonds. The third-order valence-electron chi connectivity index (χ3n) is 5.16. The molecule has 0 bridgehead atoms. The maximum Gasteiger partial charge on any atom is 0.418 e. The van der Waals surface area contributed by atoms with Crippen molar-refractivity contribution in [3.05, 3.63) is 58.4 Å². The predicted octanol–water partition coefficient (Wildman–Crippen LogP) is 4.24. The number of amides is 1. The van der Waals surface area contributed by atoms with Crippen molar-refractivity contribution in [3.8, 4) is 0 Å². The second-order valence-electron chi connectivity index (χ2n) is 7.30. The first-order chi connectivity index (χ1) is 15.3. The number of benzene rings is 2. The number of carboxylic acid groups (broad SMARTS) is 1. The molecule has 1 fully saturated rings. The number of sulfonamides is 1. The number of halogens is 5. The number of anilines is 1. The normalized spacial score (nSPS) is 15.9. The monoisotopic (exact) mass is 508 g/mol. The van der Waals surface area contributed by atoms with Crippen LogP contribution >= 0.6 is 11.6 Å². The lowest BCUT2D eigenvalue weighted by molar-refractivity contribution is -0.143. The fourth-order valence-corrected chi connectivity index (χ4v) is 5.05. The van der Waals surface area contributed by atoms with Gasteiger partial charge in [0, 0.05) is 18.1 Å². The smallest absolute Gasteiger partial charge is 0.418 e. The first kappa shape index (κ1) is 24.9. The van der Waals surface area contributed by atoms with Gasteiger partial charge < -0.3 is 10.4 Å². The Bertz CT molecular complexity index is 1200. The first-order valence-corrected chi connectivity index (χ1v) is 11.3. The average molecular weight is 509 g/mol. The number of hydrogen-bond donors (Lipinski definition) is 2. The Balaban J connectivity index is 1.88. The molecule has 1 saturated heterocycles. The van der Waals surface area contributed by atoms with Crippen molar-refractivity contribution in [3.63, 3.8) is 0 Å². The highest BCUT2D eigenvalue weighted by Crippen LogP contribution is 2.37. The van der Waals surface area contributed by atoms with Crippen LogP contribution in [0.1, 0.15) is 28.8 Å². The number of alkyl halides is 3. The summed E-state index contributed by atoms with van der Waals surface area (Å²) in [4.78, 5) is 23.2. The van der Waals surface area contributed by atoms with Gasteiger partial charge in [-0.25, -0.2) is 12.8 Å². The van der Waals surface area contributed by atoms with Crippen molar-refractivity contribution in [2.24, 2.45) is 5.92 Å². The van der Waals surface area contributed by atoms with Crippen molar-refractivity contribution in [1.82, 2.24) is 4.31 Å². The molecular formula is C20H17ClF4N2O5S. The Morgan fingerprint density at radius 1 is 1.09 bits per heavy atom. The van der Waals surface area contributed by atoms with Gasteiger partial charge in [0.1, 0.15) is 5.82 Å². The Hall–Kier alpha value is -2.70. The van der Waals surface area contributed by atoms with E-state index in [2.05, 4.69) is 0 Å². The van der Waals surface area contributed by atoms with E-state index in [-0.39, 0.29) is 31.0 Å². The number of piperidine rings is 1. The Kier molecular flexibility index (Phi) is 7.01. The van der Waals surface area contributed by atoms with Gasteiger partial charge in [0.05, 0.1) is 27.6 Å². The molecule has 7 nitrogen and oxygen atoms in total. The van der Waals surface area contributed by atoms with Gasteiger partial charge in [-0.2, -0.15) is 17.5 Å². The first-order valence-electron chi connectivity index (χ1n) is 9.51. The lowest BCUT2D eigenvalue weighted by Crippen LogP contribution is -2.40. The van der Waals surface area contributed by atoms with E-state index in [1.54, 1.807) is 0 Å². The number of carbonyl (C=O) groups is 2. The van der Waals surface area contributed by atoms with Crippen molar-refractivity contribution >= 4 is 39.2 Å². The lowest BCUT2D eigenvalue weighted by Gasteiger charge is -2.29. The fourth-order valence-electron chi connectivity index (χ4n) is 3.38. The Morgan fingerprint density at radius 2 is 1.73 bits per heavy atom. The van der Waals surface area contributed by atoms with Crippen LogP contribution in [-0.2, 0) is 21.0 Å². The summed E-state index contributed by atoms with van der Waals surface area (Å²) in [5.74, 6) is -4.15. The van der Waals surface area contributed by atoms with Crippen LogP contribution < -0.4 is 5.32 Å². The number of carboxylic acids is 1. The predicted molar refractivity (Wildman–Crippen MR) is 110 cm³/mol. The summed E-state index contributed by atoms with van der Waals surface area (Å²) in [7, 11) is -4.20. The van der Waals surface area contributed by atoms with Crippen molar-refractivity contribution in [1.29, 1.82) is 0 Å². The molecule has 0 atom stereocenters. The molecule has 0 spiro atoms. The van der Waals surface area contributed by atoms with E-state index in [4.69, 9.17) is 16.7 Å². The molecule has 2 aromatic rings. The van der Waals surface area contributed by atoms with E-state index < -0.39 is 61.5 Å². The van der Waals surface area contributed by atoms with Crippen LogP contribution in [0.4, 0.5) is 23.2 Å². The molecule has 13 heteroatoms. The number of hydrogen-bond acceptors (Lipinski definition) is 4. The van der Waals surface area contributed by atoms with Crippen LogP contribution in [0.25, 0.3) is 0 Å². The second-order valence-corrected chi connectivity index (χ2v) is 9.67. The van der Waals surface area contributed by atoms with Gasteiger partial charge in [-0.3, -0.25) is 9.59 Å². The molecule has 33 heavy (non-hydrogen) atoms. The maximum atomic E-state index is 14.3. The van der Waals surface area contributed by atoms with Gasteiger partial charge in [-0.05, 0) is 49.2 Å². The second kappa shape index (κ2) is 9.27. The van der Waals surface area contributed by atoms with Crippen molar-refractivity contribution in [2.45, 2.75) is 23.9 Å². The summed E-state index contributed by atoms with van der Waals surface area (Å²) in [6.45, 7) is -0.171. The zero-order chi connectivity index (χ0) is 24.6. The molecule has 3 rings (SSSR count). The van der Waals surface area contributed by atoms with Gasteiger partial charge in [0.25, 0.3) is 5.91 Å². The molecule has 1 aliphatic rings. The van der Waals surface area contributed by atoms with Gasteiger partial charge in [0.2, 0.25) is 10.0 Å². The van der Waals surface area contributed by atoms with Crippen molar-refractivity contribution in [2.75, 3.05) is 18.4 Å². The van der Waals surface area contributed by atoms with Crippen LogP contribution in [0.15, 0.2) is 41.3 Å². The molecule has 0 radical (unpaired) electrons. The van der Waals surface area contributed by atoms with E-state index in [0.29, 0.717) is 6.07 Å². The van der Waals surface area contributed by atoms with Crippen LogP contribution in [0, 0.1) is 11.7 Å². The van der Waals surface area contributed by atoms with Crippen LogP contribution in [-0.4, -0.2) is 42.8 Å². The minimum absolute atomic E-state index is 0.0832. The van der Waals surface area contributed by atoms with Crippen LogP contribution in [0.2, 0.25) is 5.02 Å². The summed E-state index contributed by atoms with van der Waals surface area (Å²) in [6, 6.07) is 4.96. The molecule has 1 aliphatic heterocycles. The largest absolute Gasteiger partial charge is 0.481 e. The minimum Gasteiger partial charge on any atom is -0.481 e. The number of aliphatic carboxylic acids is 1. The summed E-state index contributed by atoms with van der Waals surface area (Å²) >= 11 is 5.60. The summed E-state index contributed by atoms with van der Waals surface area (Å²) < 4.78 is 80.9. The van der Waals surface area contributed by atoms with E-state index in [0.717, 1.165) is 34.6 Å². The van der Waals surface area contributed by atoms with E-state index in [1.165, 1.54) is 0 Å². The van der Waals surface area contributed by atoms with Crippen LogP contribution in [0.5, 0.6) is 0 Å². The molecule has 178 valence electrons. The zero-order valence-corrected chi connectivity index (χ0v) is 18.3. The number of nitrogens with one attached hydrogen (secondary N) is 1. The van der Waals surface area contributed by atoms with Gasteiger partial charge in [0.15, 0.2) is 0 Å². The SMILES string of the molecule is O=C(Nc1ccc(Cl)cc1C(F)(F)F)c1cc(S(=O)(=O)N2CCC(C(=O)O)CC2)ccc1F. The summed E-state index contributed by atoms with van der Waals surface area (Å²) in [5.41, 5.74) is -2.71. The van der Waals surface area contributed by atoms with Crippen molar-refractivity contribution < 1.29 is 40.7 Å². The highest BCUT2D eigenvalue weighted by atomic mass is 35.5. The van der Waals surface area contributed by atoms with E-state index in [1.807, 2.05) is 5.32 Å². The number of nitrogens with zero attached hydrogens (tertiary/aromatic N) is 1. The minimum atomic E-state index is -4.86. The highest BCUT2D eigenvalue weighted by molar-refractivity contribution is 7.89. The topological polar surface area (TPSA) is 104 Å². The van der Waals surface area contributed by atoms with Gasteiger partial charge in [-0.15, -0.1) is 0 Å². The average Bonchev–Trinajstić information content (AvgIpc) is 2.74. The van der Waals surface area contributed by atoms with Gasteiger partial charge in [-0.1, -0.05) is 11.6 Å².